The monoisotopic (exact) mass is 314 g/mol. The number of anilines is 1. The molecule has 0 aliphatic carbocycles. The van der Waals surface area contributed by atoms with Crippen molar-refractivity contribution in [2.24, 2.45) is 0 Å². The fraction of sp³-hybridized carbons (Fsp3) is 0. The van der Waals surface area contributed by atoms with Gasteiger partial charge in [0, 0.05) is 15.7 Å². The van der Waals surface area contributed by atoms with Gasteiger partial charge in [0.1, 0.15) is 0 Å². The maximum absolute atomic E-state index is 5.70. The van der Waals surface area contributed by atoms with E-state index in [4.69, 9.17) is 5.73 Å². The Balaban J connectivity index is 2.07. The molecular weight excluding hydrogens is 304 g/mol. The molecule has 1 heterocycles. The van der Waals surface area contributed by atoms with Crippen molar-refractivity contribution in [3.63, 3.8) is 0 Å². The van der Waals surface area contributed by atoms with Gasteiger partial charge in [0.15, 0.2) is 0 Å². The molecule has 0 bridgehead atoms. The largest absolute Gasteiger partial charge is 0.399 e. The number of halogens is 1. The zero-order valence-electron chi connectivity index (χ0n) is 9.99. The van der Waals surface area contributed by atoms with Crippen molar-refractivity contribution >= 4 is 21.6 Å². The average Bonchev–Trinajstić information content (AvgIpc) is 2.90. The van der Waals surface area contributed by atoms with Crippen LogP contribution in [0.25, 0.3) is 16.9 Å². The highest BCUT2D eigenvalue weighted by molar-refractivity contribution is 9.10. The molecule has 0 saturated carbocycles. The van der Waals surface area contributed by atoms with Gasteiger partial charge in [-0.3, -0.25) is 0 Å². The summed E-state index contributed by atoms with van der Waals surface area (Å²) in [5.74, 6) is 0. The van der Waals surface area contributed by atoms with Crippen LogP contribution in [-0.4, -0.2) is 15.0 Å². The van der Waals surface area contributed by atoms with E-state index in [2.05, 4.69) is 26.2 Å². The molecule has 3 aromatic rings. The lowest BCUT2D eigenvalue weighted by atomic mass is 10.1. The minimum Gasteiger partial charge on any atom is -0.399 e. The highest BCUT2D eigenvalue weighted by Gasteiger charge is 2.08. The van der Waals surface area contributed by atoms with E-state index in [0.717, 1.165) is 27.1 Å². The summed E-state index contributed by atoms with van der Waals surface area (Å²) in [7, 11) is 0. The molecule has 0 saturated heterocycles. The van der Waals surface area contributed by atoms with Crippen LogP contribution in [0.2, 0.25) is 0 Å². The molecule has 0 atom stereocenters. The number of hydrogen-bond acceptors (Lipinski definition) is 3. The summed E-state index contributed by atoms with van der Waals surface area (Å²) in [6, 6.07) is 15.6. The van der Waals surface area contributed by atoms with Crippen LogP contribution in [-0.2, 0) is 0 Å². The summed E-state index contributed by atoms with van der Waals surface area (Å²) in [5, 5.41) is 8.12. The molecule has 0 aliphatic heterocycles. The van der Waals surface area contributed by atoms with Gasteiger partial charge in [0.05, 0.1) is 17.6 Å². The summed E-state index contributed by atoms with van der Waals surface area (Å²) in [6.07, 6.45) is 1.75. The standard InChI is InChI=1S/C14H11BrN4/c15-11-3-1-10(2-4-11)14-9-17-18-19(14)13-7-5-12(16)6-8-13/h1-9H,16H2. The highest BCUT2D eigenvalue weighted by Crippen LogP contribution is 2.23. The third-order valence-corrected chi connectivity index (χ3v) is 3.36. The lowest BCUT2D eigenvalue weighted by molar-refractivity contribution is 0.808. The van der Waals surface area contributed by atoms with E-state index in [0.29, 0.717) is 0 Å². The molecule has 94 valence electrons. The van der Waals surface area contributed by atoms with Crippen LogP contribution in [0.5, 0.6) is 0 Å². The molecule has 4 nitrogen and oxygen atoms in total. The molecule has 0 aliphatic rings. The Morgan fingerprint density at radius 3 is 2.32 bits per heavy atom. The second-order valence-electron chi connectivity index (χ2n) is 4.13. The fourth-order valence-corrected chi connectivity index (χ4v) is 2.12. The number of nitrogen functional groups attached to an aromatic ring is 1. The molecule has 1 aromatic heterocycles. The summed E-state index contributed by atoms with van der Waals surface area (Å²) in [4.78, 5) is 0. The molecular formula is C14H11BrN4. The van der Waals surface area contributed by atoms with Crippen molar-refractivity contribution in [1.82, 2.24) is 15.0 Å². The molecule has 5 heteroatoms. The van der Waals surface area contributed by atoms with Crippen molar-refractivity contribution < 1.29 is 0 Å². The molecule has 0 radical (unpaired) electrons. The van der Waals surface area contributed by atoms with Gasteiger partial charge in [0.2, 0.25) is 0 Å². The Morgan fingerprint density at radius 1 is 0.947 bits per heavy atom. The van der Waals surface area contributed by atoms with Crippen LogP contribution >= 0.6 is 15.9 Å². The first-order valence-corrected chi connectivity index (χ1v) is 6.56. The van der Waals surface area contributed by atoms with Gasteiger partial charge >= 0.3 is 0 Å². The van der Waals surface area contributed by atoms with Crippen molar-refractivity contribution in [3.05, 3.63) is 59.2 Å². The van der Waals surface area contributed by atoms with Gasteiger partial charge in [-0.05, 0) is 36.4 Å². The van der Waals surface area contributed by atoms with Gasteiger partial charge in [0.25, 0.3) is 0 Å². The Bertz CT molecular complexity index is 626. The Labute approximate surface area is 119 Å². The zero-order chi connectivity index (χ0) is 13.2. The van der Waals surface area contributed by atoms with E-state index in [1.807, 2.05) is 48.5 Å². The van der Waals surface area contributed by atoms with Gasteiger partial charge in [-0.15, -0.1) is 5.10 Å². The smallest absolute Gasteiger partial charge is 0.0944 e. The highest BCUT2D eigenvalue weighted by atomic mass is 79.9. The third kappa shape index (κ3) is 2.37. The Hall–Kier alpha value is -2.14. The topological polar surface area (TPSA) is 56.7 Å². The van der Waals surface area contributed by atoms with E-state index >= 15 is 0 Å². The maximum Gasteiger partial charge on any atom is 0.0944 e. The van der Waals surface area contributed by atoms with E-state index in [-0.39, 0.29) is 0 Å². The predicted molar refractivity (Wildman–Crippen MR) is 78.9 cm³/mol. The number of rotatable bonds is 2. The van der Waals surface area contributed by atoms with Crippen molar-refractivity contribution in [3.8, 4) is 16.9 Å². The Kier molecular flexibility index (Phi) is 3.05. The normalized spacial score (nSPS) is 10.6. The first-order chi connectivity index (χ1) is 9.24. The number of nitrogens with two attached hydrogens (primary N) is 1. The first kappa shape index (κ1) is 11.9. The van der Waals surface area contributed by atoms with Gasteiger partial charge in [-0.2, -0.15) is 0 Å². The van der Waals surface area contributed by atoms with E-state index < -0.39 is 0 Å². The van der Waals surface area contributed by atoms with E-state index in [1.165, 1.54) is 0 Å². The summed E-state index contributed by atoms with van der Waals surface area (Å²) in [5.41, 5.74) is 9.36. The third-order valence-electron chi connectivity index (χ3n) is 2.83. The summed E-state index contributed by atoms with van der Waals surface area (Å²) >= 11 is 3.43. The molecule has 0 fully saturated rings. The number of benzene rings is 2. The van der Waals surface area contributed by atoms with Crippen LogP contribution in [0.1, 0.15) is 0 Å². The molecule has 0 amide bonds. The molecule has 2 N–H and O–H groups in total. The van der Waals surface area contributed by atoms with Gasteiger partial charge in [-0.1, -0.05) is 33.3 Å². The molecule has 2 aromatic carbocycles. The van der Waals surface area contributed by atoms with E-state index in [1.54, 1.807) is 10.9 Å². The second-order valence-corrected chi connectivity index (χ2v) is 5.05. The quantitative estimate of drug-likeness (QED) is 0.738. The van der Waals surface area contributed by atoms with Crippen LogP contribution in [0.3, 0.4) is 0 Å². The average molecular weight is 315 g/mol. The van der Waals surface area contributed by atoms with Crippen molar-refractivity contribution in [2.45, 2.75) is 0 Å². The molecule has 19 heavy (non-hydrogen) atoms. The van der Waals surface area contributed by atoms with Crippen LogP contribution in [0, 0.1) is 0 Å². The zero-order valence-corrected chi connectivity index (χ0v) is 11.6. The van der Waals surface area contributed by atoms with Crippen molar-refractivity contribution in [1.29, 1.82) is 0 Å². The summed E-state index contributed by atoms with van der Waals surface area (Å²) in [6.45, 7) is 0. The van der Waals surface area contributed by atoms with Gasteiger partial charge < -0.3 is 5.73 Å². The number of aromatic nitrogens is 3. The molecule has 0 spiro atoms. The minimum absolute atomic E-state index is 0.731. The first-order valence-electron chi connectivity index (χ1n) is 5.76. The second kappa shape index (κ2) is 4.85. The predicted octanol–water partition coefficient (Wildman–Crippen LogP) is 3.28. The molecule has 0 unspecified atom stereocenters. The van der Waals surface area contributed by atoms with E-state index in [9.17, 15) is 0 Å². The SMILES string of the molecule is Nc1ccc(-n2nncc2-c2ccc(Br)cc2)cc1. The van der Waals surface area contributed by atoms with Crippen LogP contribution < -0.4 is 5.73 Å². The van der Waals surface area contributed by atoms with Crippen LogP contribution in [0.4, 0.5) is 5.69 Å². The molecule has 3 rings (SSSR count). The minimum atomic E-state index is 0.731. The number of hydrogen-bond donors (Lipinski definition) is 1. The van der Waals surface area contributed by atoms with Crippen molar-refractivity contribution in [2.75, 3.05) is 5.73 Å². The van der Waals surface area contributed by atoms with Crippen LogP contribution in [0.15, 0.2) is 59.2 Å². The summed E-state index contributed by atoms with van der Waals surface area (Å²) < 4.78 is 2.84. The maximum atomic E-state index is 5.70. The lowest BCUT2D eigenvalue weighted by Crippen LogP contribution is -1.99. The Morgan fingerprint density at radius 2 is 1.63 bits per heavy atom. The number of nitrogens with zero attached hydrogens (tertiary/aromatic N) is 3. The lowest BCUT2D eigenvalue weighted by Gasteiger charge is -2.06. The fourth-order valence-electron chi connectivity index (χ4n) is 1.86. The van der Waals surface area contributed by atoms with Gasteiger partial charge in [-0.25, -0.2) is 4.68 Å².